The van der Waals surface area contributed by atoms with Crippen LogP contribution in [0.5, 0.6) is 0 Å². The van der Waals surface area contributed by atoms with Gasteiger partial charge in [-0.3, -0.25) is 9.48 Å². The van der Waals surface area contributed by atoms with Gasteiger partial charge in [-0.1, -0.05) is 11.6 Å². The highest BCUT2D eigenvalue weighted by Crippen LogP contribution is 2.15. The topological polar surface area (TPSA) is 38.1 Å². The van der Waals surface area contributed by atoms with Crippen LogP contribution in [0.2, 0.25) is 0 Å². The minimum absolute atomic E-state index is 0.126. The van der Waals surface area contributed by atoms with Gasteiger partial charge in [-0.2, -0.15) is 5.10 Å². The highest BCUT2D eigenvalue weighted by Gasteiger charge is 2.07. The Morgan fingerprint density at radius 3 is 2.88 bits per heavy atom. The fourth-order valence-electron chi connectivity index (χ4n) is 1.81. The Balaban J connectivity index is 2.17. The Labute approximate surface area is 101 Å². The summed E-state index contributed by atoms with van der Waals surface area (Å²) in [4.78, 5) is 13.1. The van der Waals surface area contributed by atoms with E-state index in [0.717, 1.165) is 10.9 Å². The summed E-state index contributed by atoms with van der Waals surface area (Å²) < 4.78 is 1.89. The summed E-state index contributed by atoms with van der Waals surface area (Å²) in [6, 6.07) is 6.22. The van der Waals surface area contributed by atoms with Crippen LogP contribution in [-0.4, -0.2) is 34.7 Å². The van der Waals surface area contributed by atoms with Gasteiger partial charge >= 0.3 is 0 Å². The molecule has 1 aromatic carbocycles. The number of rotatable bonds is 3. The van der Waals surface area contributed by atoms with Gasteiger partial charge in [0.2, 0.25) is 5.91 Å². The van der Waals surface area contributed by atoms with Crippen LogP contribution < -0.4 is 0 Å². The first-order chi connectivity index (χ1) is 8.08. The fraction of sp³-hybridized carbons (Fsp3) is 0.385. The number of benzene rings is 1. The number of hydrogen-bond acceptors (Lipinski definition) is 2. The molecule has 0 aliphatic rings. The zero-order chi connectivity index (χ0) is 12.4. The van der Waals surface area contributed by atoms with Gasteiger partial charge < -0.3 is 4.90 Å². The molecule has 1 aromatic heterocycles. The van der Waals surface area contributed by atoms with E-state index >= 15 is 0 Å². The molecule has 1 amide bonds. The van der Waals surface area contributed by atoms with Gasteiger partial charge in [-0.15, -0.1) is 0 Å². The molecule has 0 atom stereocenters. The number of nitrogens with zero attached hydrogens (tertiary/aromatic N) is 3. The van der Waals surface area contributed by atoms with E-state index in [4.69, 9.17) is 0 Å². The number of fused-ring (bicyclic) bond motifs is 1. The molecular weight excluding hydrogens is 214 g/mol. The van der Waals surface area contributed by atoms with Crippen molar-refractivity contribution in [2.24, 2.45) is 0 Å². The van der Waals surface area contributed by atoms with Crippen molar-refractivity contribution in [2.45, 2.75) is 19.9 Å². The lowest BCUT2D eigenvalue weighted by atomic mass is 10.2. The molecule has 0 spiro atoms. The van der Waals surface area contributed by atoms with Crippen LogP contribution in [-0.2, 0) is 11.3 Å². The molecule has 0 N–H and O–H groups in total. The summed E-state index contributed by atoms with van der Waals surface area (Å²) in [7, 11) is 3.54. The molecule has 0 radical (unpaired) electrons. The van der Waals surface area contributed by atoms with Crippen LogP contribution in [0.15, 0.2) is 24.4 Å². The second-order valence-corrected chi connectivity index (χ2v) is 4.47. The van der Waals surface area contributed by atoms with Gasteiger partial charge in [0, 0.05) is 25.9 Å². The molecule has 2 rings (SSSR count). The molecule has 1 heterocycles. The molecule has 0 saturated heterocycles. The molecule has 0 aliphatic carbocycles. The van der Waals surface area contributed by atoms with Crippen molar-refractivity contribution in [3.8, 4) is 0 Å². The molecule has 17 heavy (non-hydrogen) atoms. The van der Waals surface area contributed by atoms with Crippen molar-refractivity contribution in [1.29, 1.82) is 0 Å². The van der Waals surface area contributed by atoms with Gasteiger partial charge in [0.15, 0.2) is 0 Å². The third-order valence-corrected chi connectivity index (χ3v) is 2.83. The van der Waals surface area contributed by atoms with Crippen LogP contribution in [0, 0.1) is 6.92 Å². The van der Waals surface area contributed by atoms with Crippen LogP contribution in [0.4, 0.5) is 0 Å². The monoisotopic (exact) mass is 231 g/mol. The van der Waals surface area contributed by atoms with Crippen LogP contribution in [0.3, 0.4) is 0 Å². The zero-order valence-corrected chi connectivity index (χ0v) is 10.5. The number of hydrogen-bond donors (Lipinski definition) is 0. The minimum atomic E-state index is 0.126. The highest BCUT2D eigenvalue weighted by atomic mass is 16.2. The van der Waals surface area contributed by atoms with Gasteiger partial charge in [-0.25, -0.2) is 0 Å². The minimum Gasteiger partial charge on any atom is -0.349 e. The van der Waals surface area contributed by atoms with E-state index in [0.29, 0.717) is 13.0 Å². The maximum atomic E-state index is 11.5. The maximum Gasteiger partial charge on any atom is 0.223 e. The molecule has 0 fully saturated rings. The lowest BCUT2D eigenvalue weighted by Crippen LogP contribution is -2.23. The van der Waals surface area contributed by atoms with Gasteiger partial charge in [-0.05, 0) is 19.1 Å². The van der Waals surface area contributed by atoms with Gasteiger partial charge in [0.1, 0.15) is 0 Å². The molecule has 2 aromatic rings. The molecule has 4 heteroatoms. The van der Waals surface area contributed by atoms with Crippen molar-refractivity contribution >= 4 is 16.8 Å². The summed E-state index contributed by atoms with van der Waals surface area (Å²) >= 11 is 0. The summed E-state index contributed by atoms with van der Waals surface area (Å²) in [6.07, 6.45) is 2.33. The van der Waals surface area contributed by atoms with E-state index < -0.39 is 0 Å². The van der Waals surface area contributed by atoms with Crippen LogP contribution in [0.1, 0.15) is 12.0 Å². The molecule has 0 bridgehead atoms. The normalized spacial score (nSPS) is 10.8. The van der Waals surface area contributed by atoms with E-state index in [9.17, 15) is 4.79 Å². The summed E-state index contributed by atoms with van der Waals surface area (Å²) in [5.41, 5.74) is 2.31. The number of aromatic nitrogens is 2. The molecule has 0 saturated carbocycles. The van der Waals surface area contributed by atoms with Gasteiger partial charge in [0.25, 0.3) is 0 Å². The Kier molecular flexibility index (Phi) is 3.13. The van der Waals surface area contributed by atoms with Crippen molar-refractivity contribution in [3.05, 3.63) is 30.0 Å². The Morgan fingerprint density at radius 2 is 2.18 bits per heavy atom. The summed E-state index contributed by atoms with van der Waals surface area (Å²) in [5.74, 6) is 0.126. The number of amides is 1. The van der Waals surface area contributed by atoms with E-state index in [1.165, 1.54) is 5.56 Å². The van der Waals surface area contributed by atoms with E-state index in [1.54, 1.807) is 19.0 Å². The Hall–Kier alpha value is -1.84. The Bertz CT molecular complexity index is 543. The quantitative estimate of drug-likeness (QED) is 0.808. The SMILES string of the molecule is Cc1ccc2c(cnn2CCC(=O)N(C)C)c1. The second-order valence-electron chi connectivity index (χ2n) is 4.47. The smallest absolute Gasteiger partial charge is 0.223 e. The molecule has 0 unspecified atom stereocenters. The van der Waals surface area contributed by atoms with E-state index in [1.807, 2.05) is 10.9 Å². The van der Waals surface area contributed by atoms with E-state index in [-0.39, 0.29) is 5.91 Å². The number of aryl methyl sites for hydroxylation is 2. The fourth-order valence-corrected chi connectivity index (χ4v) is 1.81. The lowest BCUT2D eigenvalue weighted by molar-refractivity contribution is -0.128. The number of carbonyl (C=O) groups is 1. The largest absolute Gasteiger partial charge is 0.349 e. The van der Waals surface area contributed by atoms with Crippen LogP contribution >= 0.6 is 0 Å². The van der Waals surface area contributed by atoms with Crippen LogP contribution in [0.25, 0.3) is 10.9 Å². The zero-order valence-electron chi connectivity index (χ0n) is 10.5. The van der Waals surface area contributed by atoms with Crippen molar-refractivity contribution in [3.63, 3.8) is 0 Å². The molecule has 0 aliphatic heterocycles. The van der Waals surface area contributed by atoms with Crippen molar-refractivity contribution in [2.75, 3.05) is 14.1 Å². The summed E-state index contributed by atoms with van der Waals surface area (Å²) in [5, 5.41) is 5.44. The van der Waals surface area contributed by atoms with Gasteiger partial charge in [0.05, 0.1) is 18.3 Å². The molecular formula is C13H17N3O. The first kappa shape index (κ1) is 11.6. The summed E-state index contributed by atoms with van der Waals surface area (Å²) in [6.45, 7) is 2.69. The van der Waals surface area contributed by atoms with Crippen molar-refractivity contribution in [1.82, 2.24) is 14.7 Å². The lowest BCUT2D eigenvalue weighted by Gasteiger charge is -2.10. The van der Waals surface area contributed by atoms with E-state index in [2.05, 4.69) is 30.2 Å². The average Bonchev–Trinajstić information content (AvgIpc) is 2.67. The maximum absolute atomic E-state index is 11.5. The number of carbonyl (C=O) groups excluding carboxylic acids is 1. The second kappa shape index (κ2) is 4.57. The average molecular weight is 231 g/mol. The predicted octanol–water partition coefficient (Wildman–Crippen LogP) is 1.82. The standard InChI is InChI=1S/C13H17N3O/c1-10-4-5-12-11(8-10)9-14-16(12)7-6-13(17)15(2)3/h4-5,8-9H,6-7H2,1-3H3. The first-order valence-corrected chi connectivity index (χ1v) is 5.70. The molecule has 90 valence electrons. The molecule has 4 nitrogen and oxygen atoms in total. The predicted molar refractivity (Wildman–Crippen MR) is 67.8 cm³/mol. The third-order valence-electron chi connectivity index (χ3n) is 2.83. The van der Waals surface area contributed by atoms with Crippen molar-refractivity contribution < 1.29 is 4.79 Å². The third kappa shape index (κ3) is 2.46. The Morgan fingerprint density at radius 1 is 1.41 bits per heavy atom. The highest BCUT2D eigenvalue weighted by molar-refractivity contribution is 5.80. The first-order valence-electron chi connectivity index (χ1n) is 5.70.